The molecule has 0 aromatic heterocycles. The smallest absolute Gasteiger partial charge is 0.269 e. The fourth-order valence-corrected chi connectivity index (χ4v) is 3.43. The molecular weight excluding hydrogens is 382 g/mol. The Balaban J connectivity index is 1.33. The molecule has 0 aliphatic carbocycles. The molecule has 1 N–H and O–H groups in total. The van der Waals surface area contributed by atoms with Crippen molar-refractivity contribution in [2.24, 2.45) is 0 Å². The Kier molecular flexibility index (Phi) is 7.35. The third kappa shape index (κ3) is 6.03. The number of rotatable bonds is 8. The standard InChI is InChI=1S/C22H25N5O3/c23-16-18-3-5-19(6-4-18)17-25-12-14-26(15-13-25)22(28)2-1-11-24-20-7-9-21(10-8-20)27(29)30/h3-10,24H,1-2,11-15,17H2. The number of anilines is 1. The summed E-state index contributed by atoms with van der Waals surface area (Å²) < 4.78 is 0. The molecule has 0 unspecified atom stereocenters. The molecule has 0 atom stereocenters. The highest BCUT2D eigenvalue weighted by Crippen LogP contribution is 2.16. The van der Waals surface area contributed by atoms with Gasteiger partial charge in [-0.15, -0.1) is 0 Å². The fraction of sp³-hybridized carbons (Fsp3) is 0.364. The number of nitro benzene ring substituents is 1. The minimum Gasteiger partial charge on any atom is -0.385 e. The minimum absolute atomic E-state index is 0.0639. The van der Waals surface area contributed by atoms with Crippen LogP contribution in [-0.2, 0) is 11.3 Å². The van der Waals surface area contributed by atoms with E-state index in [9.17, 15) is 14.9 Å². The molecule has 0 saturated carbocycles. The summed E-state index contributed by atoms with van der Waals surface area (Å²) >= 11 is 0. The first-order valence-corrected chi connectivity index (χ1v) is 10.0. The van der Waals surface area contributed by atoms with Crippen molar-refractivity contribution in [3.05, 3.63) is 69.8 Å². The molecule has 2 aromatic rings. The van der Waals surface area contributed by atoms with Crippen molar-refractivity contribution in [1.82, 2.24) is 9.80 Å². The molecule has 0 bridgehead atoms. The lowest BCUT2D eigenvalue weighted by molar-refractivity contribution is -0.384. The van der Waals surface area contributed by atoms with Crippen molar-refractivity contribution in [2.75, 3.05) is 38.0 Å². The number of nitrogens with one attached hydrogen (secondary N) is 1. The maximum Gasteiger partial charge on any atom is 0.269 e. The lowest BCUT2D eigenvalue weighted by atomic mass is 10.1. The highest BCUT2D eigenvalue weighted by molar-refractivity contribution is 5.76. The van der Waals surface area contributed by atoms with Gasteiger partial charge >= 0.3 is 0 Å². The fourth-order valence-electron chi connectivity index (χ4n) is 3.43. The van der Waals surface area contributed by atoms with Gasteiger partial charge in [0.15, 0.2) is 0 Å². The van der Waals surface area contributed by atoms with E-state index < -0.39 is 4.92 Å². The zero-order valence-corrected chi connectivity index (χ0v) is 16.8. The third-order valence-electron chi connectivity index (χ3n) is 5.19. The molecule has 1 heterocycles. The Bertz CT molecular complexity index is 898. The van der Waals surface area contributed by atoms with Crippen LogP contribution < -0.4 is 5.32 Å². The van der Waals surface area contributed by atoms with E-state index in [4.69, 9.17) is 5.26 Å². The summed E-state index contributed by atoms with van der Waals surface area (Å²) in [6, 6.07) is 16.0. The molecule has 30 heavy (non-hydrogen) atoms. The Labute approximate surface area is 175 Å². The van der Waals surface area contributed by atoms with Gasteiger partial charge in [0.25, 0.3) is 5.69 Å². The van der Waals surface area contributed by atoms with E-state index >= 15 is 0 Å². The van der Waals surface area contributed by atoms with E-state index in [0.29, 0.717) is 24.9 Å². The molecule has 1 saturated heterocycles. The average Bonchev–Trinajstić information content (AvgIpc) is 2.78. The number of amides is 1. The number of nitriles is 1. The van der Waals surface area contributed by atoms with E-state index in [1.807, 2.05) is 29.2 Å². The summed E-state index contributed by atoms with van der Waals surface area (Å²) in [5.74, 6) is 0.165. The minimum atomic E-state index is -0.424. The number of nitro groups is 1. The molecule has 8 nitrogen and oxygen atoms in total. The van der Waals surface area contributed by atoms with Gasteiger partial charge in [-0.2, -0.15) is 5.26 Å². The van der Waals surface area contributed by atoms with Crippen LogP contribution in [0.2, 0.25) is 0 Å². The second kappa shape index (κ2) is 10.4. The van der Waals surface area contributed by atoms with Gasteiger partial charge in [0, 0.05) is 63.5 Å². The number of hydrogen-bond donors (Lipinski definition) is 1. The number of benzene rings is 2. The number of nitrogens with zero attached hydrogens (tertiary/aromatic N) is 4. The summed E-state index contributed by atoms with van der Waals surface area (Å²) in [5, 5.41) is 22.7. The zero-order valence-electron chi connectivity index (χ0n) is 16.8. The first-order chi connectivity index (χ1) is 14.5. The van der Waals surface area contributed by atoms with Crippen LogP contribution in [-0.4, -0.2) is 53.4 Å². The maximum atomic E-state index is 12.4. The van der Waals surface area contributed by atoms with Crippen LogP contribution in [0.15, 0.2) is 48.5 Å². The highest BCUT2D eigenvalue weighted by atomic mass is 16.6. The Morgan fingerprint density at radius 3 is 2.33 bits per heavy atom. The van der Waals surface area contributed by atoms with Gasteiger partial charge in [0.1, 0.15) is 0 Å². The monoisotopic (exact) mass is 407 g/mol. The van der Waals surface area contributed by atoms with Crippen LogP contribution in [0.25, 0.3) is 0 Å². The summed E-state index contributed by atoms with van der Waals surface area (Å²) in [5.41, 5.74) is 2.71. The van der Waals surface area contributed by atoms with E-state index in [-0.39, 0.29) is 11.6 Å². The quantitative estimate of drug-likeness (QED) is 0.410. The Morgan fingerprint density at radius 2 is 1.73 bits per heavy atom. The van der Waals surface area contributed by atoms with Crippen LogP contribution in [0, 0.1) is 21.4 Å². The van der Waals surface area contributed by atoms with Crippen LogP contribution in [0.1, 0.15) is 24.0 Å². The van der Waals surface area contributed by atoms with E-state index in [0.717, 1.165) is 38.4 Å². The first kappa shape index (κ1) is 21.3. The number of hydrogen-bond acceptors (Lipinski definition) is 6. The van der Waals surface area contributed by atoms with Crippen molar-refractivity contribution < 1.29 is 9.72 Å². The van der Waals surface area contributed by atoms with Crippen molar-refractivity contribution in [1.29, 1.82) is 5.26 Å². The Morgan fingerprint density at radius 1 is 1.07 bits per heavy atom. The zero-order chi connectivity index (χ0) is 21.3. The number of non-ortho nitro benzene ring substituents is 1. The molecule has 156 valence electrons. The summed E-state index contributed by atoms with van der Waals surface area (Å²) in [6.45, 7) is 4.60. The average molecular weight is 407 g/mol. The van der Waals surface area contributed by atoms with Crippen LogP contribution >= 0.6 is 0 Å². The summed E-state index contributed by atoms with van der Waals surface area (Å²) in [7, 11) is 0. The van der Waals surface area contributed by atoms with Gasteiger partial charge in [-0.1, -0.05) is 12.1 Å². The van der Waals surface area contributed by atoms with Crippen LogP contribution in [0.5, 0.6) is 0 Å². The molecule has 0 radical (unpaired) electrons. The molecule has 0 spiro atoms. The third-order valence-corrected chi connectivity index (χ3v) is 5.19. The molecule has 1 aliphatic heterocycles. The molecular formula is C22H25N5O3. The maximum absolute atomic E-state index is 12.4. The predicted molar refractivity (Wildman–Crippen MR) is 114 cm³/mol. The lowest BCUT2D eigenvalue weighted by Crippen LogP contribution is -2.48. The molecule has 3 rings (SSSR count). The van der Waals surface area contributed by atoms with Gasteiger partial charge < -0.3 is 10.2 Å². The summed E-state index contributed by atoms with van der Waals surface area (Å²) in [4.78, 5) is 26.9. The lowest BCUT2D eigenvalue weighted by Gasteiger charge is -2.34. The van der Waals surface area contributed by atoms with Crippen molar-refractivity contribution in [2.45, 2.75) is 19.4 Å². The Hall–Kier alpha value is -3.44. The van der Waals surface area contributed by atoms with Gasteiger partial charge in [0.05, 0.1) is 16.6 Å². The van der Waals surface area contributed by atoms with Crippen molar-refractivity contribution >= 4 is 17.3 Å². The predicted octanol–water partition coefficient (Wildman–Crippen LogP) is 3.00. The van der Waals surface area contributed by atoms with Crippen molar-refractivity contribution in [3.8, 4) is 6.07 Å². The molecule has 1 fully saturated rings. The van der Waals surface area contributed by atoms with E-state index in [1.54, 1.807) is 12.1 Å². The second-order valence-electron chi connectivity index (χ2n) is 7.30. The number of piperazine rings is 1. The van der Waals surface area contributed by atoms with E-state index in [1.165, 1.54) is 17.7 Å². The second-order valence-corrected chi connectivity index (χ2v) is 7.30. The number of carbonyl (C=O) groups is 1. The van der Waals surface area contributed by atoms with Gasteiger partial charge in [-0.05, 0) is 36.2 Å². The van der Waals surface area contributed by atoms with Gasteiger partial charge in [-0.25, -0.2) is 0 Å². The van der Waals surface area contributed by atoms with Crippen molar-refractivity contribution in [3.63, 3.8) is 0 Å². The van der Waals surface area contributed by atoms with Gasteiger partial charge in [0.2, 0.25) is 5.91 Å². The summed E-state index contributed by atoms with van der Waals surface area (Å²) in [6.07, 6.45) is 1.19. The largest absolute Gasteiger partial charge is 0.385 e. The van der Waals surface area contributed by atoms with Gasteiger partial charge in [-0.3, -0.25) is 19.8 Å². The molecule has 1 aliphatic rings. The number of carbonyl (C=O) groups excluding carboxylic acids is 1. The topological polar surface area (TPSA) is 103 Å². The first-order valence-electron chi connectivity index (χ1n) is 10.0. The SMILES string of the molecule is N#Cc1ccc(CN2CCN(C(=O)CCCNc3ccc([N+](=O)[O-])cc3)CC2)cc1. The molecule has 8 heteroatoms. The highest BCUT2D eigenvalue weighted by Gasteiger charge is 2.20. The van der Waals surface area contributed by atoms with Crippen LogP contribution in [0.3, 0.4) is 0 Å². The normalized spacial score (nSPS) is 14.2. The molecule has 1 amide bonds. The van der Waals surface area contributed by atoms with Crippen LogP contribution in [0.4, 0.5) is 11.4 Å². The van der Waals surface area contributed by atoms with E-state index in [2.05, 4.69) is 16.3 Å². The molecule has 2 aromatic carbocycles.